The number of nitrogens with one attached hydrogen (secondary N) is 1. The minimum Gasteiger partial charge on any atom is -0.477 e. The molecule has 2 rings (SSSR count). The first-order valence-corrected chi connectivity index (χ1v) is 5.72. The molecule has 0 spiro atoms. The maximum atomic E-state index is 10.8. The topological polar surface area (TPSA) is 50.7 Å². The van der Waals surface area contributed by atoms with Crippen molar-refractivity contribution in [3.8, 4) is 0 Å². The van der Waals surface area contributed by atoms with E-state index in [0.717, 1.165) is 6.42 Å². The van der Waals surface area contributed by atoms with Gasteiger partial charge in [-0.2, -0.15) is 0 Å². The molecule has 1 amide bonds. The standard InChI is InChI=1S/C13H16N2O2/c1-10(16)14-8-13-15-12(9-17-13)7-11-5-3-2-4-6-11/h2-6,12H,7-9H2,1H3,(H,14,16)/t12-/m1/s1. The lowest BCUT2D eigenvalue weighted by atomic mass is 10.1. The number of carbonyl (C=O) groups excluding carboxylic acids is 1. The van der Waals surface area contributed by atoms with Crippen LogP contribution in [-0.4, -0.2) is 31.0 Å². The second kappa shape index (κ2) is 5.48. The maximum absolute atomic E-state index is 10.8. The van der Waals surface area contributed by atoms with Crippen LogP contribution >= 0.6 is 0 Å². The molecule has 1 aliphatic heterocycles. The lowest BCUT2D eigenvalue weighted by Crippen LogP contribution is -2.27. The molecule has 0 aromatic heterocycles. The van der Waals surface area contributed by atoms with Gasteiger partial charge in [-0.1, -0.05) is 30.3 Å². The molecule has 17 heavy (non-hydrogen) atoms. The van der Waals surface area contributed by atoms with Crippen LogP contribution in [0.2, 0.25) is 0 Å². The molecule has 1 aromatic rings. The number of hydrogen-bond acceptors (Lipinski definition) is 3. The van der Waals surface area contributed by atoms with Crippen molar-refractivity contribution < 1.29 is 9.53 Å². The quantitative estimate of drug-likeness (QED) is 0.847. The summed E-state index contributed by atoms with van der Waals surface area (Å²) in [5, 5.41) is 2.68. The molecule has 1 atom stereocenters. The summed E-state index contributed by atoms with van der Waals surface area (Å²) in [4.78, 5) is 15.2. The van der Waals surface area contributed by atoms with Gasteiger partial charge >= 0.3 is 0 Å². The number of nitrogens with zero attached hydrogens (tertiary/aromatic N) is 1. The molecule has 90 valence electrons. The Bertz CT molecular complexity index is 415. The van der Waals surface area contributed by atoms with E-state index in [1.165, 1.54) is 12.5 Å². The highest BCUT2D eigenvalue weighted by molar-refractivity contribution is 5.84. The summed E-state index contributed by atoms with van der Waals surface area (Å²) in [5.74, 6) is 0.559. The third-order valence-corrected chi connectivity index (χ3v) is 2.57. The van der Waals surface area contributed by atoms with E-state index in [2.05, 4.69) is 22.4 Å². The van der Waals surface area contributed by atoms with Crippen molar-refractivity contribution in [2.45, 2.75) is 19.4 Å². The summed E-state index contributed by atoms with van der Waals surface area (Å²) >= 11 is 0. The number of carbonyl (C=O) groups is 1. The van der Waals surface area contributed by atoms with E-state index in [4.69, 9.17) is 4.74 Å². The lowest BCUT2D eigenvalue weighted by molar-refractivity contribution is -0.118. The van der Waals surface area contributed by atoms with Crippen LogP contribution in [0, 0.1) is 0 Å². The van der Waals surface area contributed by atoms with Gasteiger partial charge in [0.1, 0.15) is 6.61 Å². The van der Waals surface area contributed by atoms with Gasteiger partial charge in [0.15, 0.2) is 0 Å². The van der Waals surface area contributed by atoms with E-state index in [9.17, 15) is 4.79 Å². The Morgan fingerprint density at radius 1 is 1.47 bits per heavy atom. The zero-order chi connectivity index (χ0) is 12.1. The minimum absolute atomic E-state index is 0.0668. The van der Waals surface area contributed by atoms with E-state index < -0.39 is 0 Å². The summed E-state index contributed by atoms with van der Waals surface area (Å²) in [5.41, 5.74) is 1.26. The average Bonchev–Trinajstić information content (AvgIpc) is 2.75. The van der Waals surface area contributed by atoms with Crippen LogP contribution in [0.5, 0.6) is 0 Å². The van der Waals surface area contributed by atoms with Crippen LogP contribution < -0.4 is 5.32 Å². The third kappa shape index (κ3) is 3.59. The van der Waals surface area contributed by atoms with Gasteiger partial charge in [-0.05, 0) is 12.0 Å². The van der Waals surface area contributed by atoms with Crippen molar-refractivity contribution in [2.24, 2.45) is 4.99 Å². The largest absolute Gasteiger partial charge is 0.477 e. The molecule has 4 heteroatoms. The molecule has 0 saturated carbocycles. The molecule has 0 fully saturated rings. The van der Waals surface area contributed by atoms with Gasteiger partial charge in [-0.25, -0.2) is 4.99 Å². The fourth-order valence-electron chi connectivity index (χ4n) is 1.76. The van der Waals surface area contributed by atoms with Crippen LogP contribution in [0.3, 0.4) is 0 Å². The van der Waals surface area contributed by atoms with E-state index in [-0.39, 0.29) is 11.9 Å². The number of ether oxygens (including phenoxy) is 1. The van der Waals surface area contributed by atoms with E-state index in [1.807, 2.05) is 18.2 Å². The van der Waals surface area contributed by atoms with Crippen molar-refractivity contribution in [3.05, 3.63) is 35.9 Å². The second-order valence-corrected chi connectivity index (χ2v) is 4.09. The first-order valence-electron chi connectivity index (χ1n) is 5.72. The fraction of sp³-hybridized carbons (Fsp3) is 0.385. The number of amides is 1. The van der Waals surface area contributed by atoms with Gasteiger partial charge < -0.3 is 10.1 Å². The van der Waals surface area contributed by atoms with Crippen molar-refractivity contribution in [3.63, 3.8) is 0 Å². The highest BCUT2D eigenvalue weighted by Crippen LogP contribution is 2.11. The minimum atomic E-state index is -0.0668. The van der Waals surface area contributed by atoms with Crippen molar-refractivity contribution >= 4 is 11.8 Å². The van der Waals surface area contributed by atoms with Gasteiger partial charge in [-0.3, -0.25) is 4.79 Å². The second-order valence-electron chi connectivity index (χ2n) is 4.09. The Hall–Kier alpha value is -1.84. The van der Waals surface area contributed by atoms with Crippen LogP contribution in [0.1, 0.15) is 12.5 Å². The normalized spacial score (nSPS) is 18.4. The summed E-state index contributed by atoms with van der Waals surface area (Å²) in [7, 11) is 0. The highest BCUT2D eigenvalue weighted by atomic mass is 16.5. The Morgan fingerprint density at radius 3 is 2.94 bits per heavy atom. The van der Waals surface area contributed by atoms with Crippen LogP contribution in [0.25, 0.3) is 0 Å². The smallest absolute Gasteiger partial charge is 0.217 e. The fourth-order valence-corrected chi connectivity index (χ4v) is 1.76. The summed E-state index contributed by atoms with van der Waals surface area (Å²) < 4.78 is 5.42. The van der Waals surface area contributed by atoms with Crippen LogP contribution in [-0.2, 0) is 16.0 Å². The molecule has 0 aliphatic carbocycles. The molecule has 1 N–H and O–H groups in total. The predicted molar refractivity (Wildman–Crippen MR) is 66.0 cm³/mol. The van der Waals surface area contributed by atoms with Crippen LogP contribution in [0.4, 0.5) is 0 Å². The van der Waals surface area contributed by atoms with Crippen molar-refractivity contribution in [1.82, 2.24) is 5.32 Å². The molecule has 1 aliphatic rings. The molecule has 4 nitrogen and oxygen atoms in total. The van der Waals surface area contributed by atoms with Gasteiger partial charge in [-0.15, -0.1) is 0 Å². The molecule has 1 heterocycles. The van der Waals surface area contributed by atoms with Gasteiger partial charge in [0.2, 0.25) is 11.8 Å². The first kappa shape index (κ1) is 11.6. The summed E-state index contributed by atoms with van der Waals surface area (Å²) in [6.07, 6.45) is 0.879. The van der Waals surface area contributed by atoms with Gasteiger partial charge in [0, 0.05) is 6.92 Å². The number of hydrogen-bond donors (Lipinski definition) is 1. The lowest BCUT2D eigenvalue weighted by Gasteiger charge is -2.04. The monoisotopic (exact) mass is 232 g/mol. The Balaban J connectivity index is 1.86. The average molecular weight is 232 g/mol. The van der Waals surface area contributed by atoms with Crippen LogP contribution in [0.15, 0.2) is 35.3 Å². The molecule has 1 aromatic carbocycles. The summed E-state index contributed by atoms with van der Waals surface area (Å²) in [6.45, 7) is 2.47. The van der Waals surface area contributed by atoms with E-state index in [1.54, 1.807) is 0 Å². The Labute approximate surface area is 101 Å². The molecule has 0 bridgehead atoms. The first-order chi connectivity index (χ1) is 8.24. The van der Waals surface area contributed by atoms with E-state index in [0.29, 0.717) is 19.0 Å². The zero-order valence-electron chi connectivity index (χ0n) is 9.85. The maximum Gasteiger partial charge on any atom is 0.217 e. The number of aliphatic imine (C=N–C) groups is 1. The van der Waals surface area contributed by atoms with E-state index >= 15 is 0 Å². The molecular formula is C13H16N2O2. The highest BCUT2D eigenvalue weighted by Gasteiger charge is 2.18. The van der Waals surface area contributed by atoms with Gasteiger partial charge in [0.25, 0.3) is 0 Å². The molecule has 0 unspecified atom stereocenters. The van der Waals surface area contributed by atoms with Gasteiger partial charge in [0.05, 0.1) is 12.6 Å². The molecule has 0 radical (unpaired) electrons. The molecule has 0 saturated heterocycles. The Kier molecular flexibility index (Phi) is 3.75. The SMILES string of the molecule is CC(=O)NCC1=N[C@H](Cc2ccccc2)CO1. The molecular weight excluding hydrogens is 216 g/mol. The Morgan fingerprint density at radius 2 is 2.24 bits per heavy atom. The summed E-state index contributed by atoms with van der Waals surface area (Å²) in [6, 6.07) is 10.4. The van der Waals surface area contributed by atoms with Crippen molar-refractivity contribution in [1.29, 1.82) is 0 Å². The number of rotatable bonds is 4. The third-order valence-electron chi connectivity index (χ3n) is 2.57. The zero-order valence-corrected chi connectivity index (χ0v) is 9.85. The number of benzene rings is 1. The predicted octanol–water partition coefficient (Wildman–Crippen LogP) is 1.16. The van der Waals surface area contributed by atoms with Crippen molar-refractivity contribution in [2.75, 3.05) is 13.2 Å².